The number of esters is 1. The first-order valence-corrected chi connectivity index (χ1v) is 12.6. The number of aliphatic hydroxyl groups excluding tert-OH is 1. The van der Waals surface area contributed by atoms with E-state index in [1.807, 2.05) is 44.1 Å². The topological polar surface area (TPSA) is 134 Å². The first kappa shape index (κ1) is 28.8. The second-order valence-corrected chi connectivity index (χ2v) is 9.37. The molecule has 0 spiro atoms. The summed E-state index contributed by atoms with van der Waals surface area (Å²) < 4.78 is 17.3. The van der Waals surface area contributed by atoms with E-state index in [1.165, 1.54) is 7.11 Å². The number of hydrogen-bond acceptors (Lipinski definition) is 9. The summed E-state index contributed by atoms with van der Waals surface area (Å²) in [7, 11) is 5.19. The third-order valence-corrected chi connectivity index (χ3v) is 6.20. The smallest absolute Gasteiger partial charge is 0.337 e. The van der Waals surface area contributed by atoms with E-state index in [0.29, 0.717) is 29.4 Å². The Kier molecular flexibility index (Phi) is 9.97. The number of allylic oxidation sites excluding steroid dienone is 1. The summed E-state index contributed by atoms with van der Waals surface area (Å²) in [5.74, 6) is 0.208. The predicted octanol–water partition coefficient (Wildman–Crippen LogP) is 3.04. The maximum Gasteiger partial charge on any atom is 0.337 e. The molecular formula is C26H32BrN5O6. The highest BCUT2D eigenvalue weighted by atomic mass is 79.9. The van der Waals surface area contributed by atoms with Crippen LogP contribution in [0.5, 0.6) is 11.5 Å². The van der Waals surface area contributed by atoms with Gasteiger partial charge in [0.15, 0.2) is 17.7 Å². The molecule has 0 saturated carbocycles. The molecule has 204 valence electrons. The molecule has 3 rings (SSSR count). The molecule has 1 heterocycles. The van der Waals surface area contributed by atoms with E-state index >= 15 is 0 Å². The molecule has 0 bridgehead atoms. The zero-order valence-corrected chi connectivity index (χ0v) is 23.5. The van der Waals surface area contributed by atoms with Crippen molar-refractivity contribution in [3.05, 3.63) is 63.3 Å². The van der Waals surface area contributed by atoms with Gasteiger partial charge in [0.2, 0.25) is 0 Å². The van der Waals surface area contributed by atoms with E-state index < -0.39 is 24.3 Å². The lowest BCUT2D eigenvalue weighted by Crippen LogP contribution is -2.45. The average Bonchev–Trinajstić information content (AvgIpc) is 2.87. The van der Waals surface area contributed by atoms with Gasteiger partial charge in [-0.05, 0) is 65.2 Å². The van der Waals surface area contributed by atoms with E-state index in [4.69, 9.17) is 14.2 Å². The number of amides is 2. The van der Waals surface area contributed by atoms with Crippen molar-refractivity contribution < 1.29 is 28.9 Å². The third kappa shape index (κ3) is 7.17. The molecule has 12 heteroatoms. The Morgan fingerprint density at radius 1 is 1.24 bits per heavy atom. The van der Waals surface area contributed by atoms with Crippen molar-refractivity contribution in [2.45, 2.75) is 26.1 Å². The molecule has 2 atom stereocenters. The number of hydrazone groups is 1. The minimum absolute atomic E-state index is 0.115. The van der Waals surface area contributed by atoms with E-state index in [2.05, 4.69) is 37.1 Å². The van der Waals surface area contributed by atoms with Crippen molar-refractivity contribution in [3.8, 4) is 11.5 Å². The largest absolute Gasteiger partial charge is 0.490 e. The van der Waals surface area contributed by atoms with Gasteiger partial charge in [-0.3, -0.25) is 5.43 Å². The maximum absolute atomic E-state index is 12.4. The molecule has 1 aliphatic heterocycles. The van der Waals surface area contributed by atoms with Gasteiger partial charge in [0.05, 0.1) is 37.2 Å². The van der Waals surface area contributed by atoms with Crippen LogP contribution in [0.2, 0.25) is 0 Å². The number of carbonyl (C=O) groups excluding carboxylic acids is 2. The van der Waals surface area contributed by atoms with Crippen molar-refractivity contribution in [1.82, 2.24) is 16.1 Å². The molecule has 0 unspecified atom stereocenters. The maximum atomic E-state index is 12.4. The first-order valence-electron chi connectivity index (χ1n) is 11.8. The van der Waals surface area contributed by atoms with E-state index in [0.717, 1.165) is 15.7 Å². The van der Waals surface area contributed by atoms with Gasteiger partial charge in [0.25, 0.3) is 0 Å². The number of rotatable bonds is 11. The van der Waals surface area contributed by atoms with Gasteiger partial charge in [-0.25, -0.2) is 9.59 Å². The number of nitrogens with zero attached hydrogens (tertiary/aromatic N) is 2. The van der Waals surface area contributed by atoms with Crippen molar-refractivity contribution in [1.29, 1.82) is 0 Å². The molecule has 2 aromatic carbocycles. The molecule has 1 aliphatic rings. The van der Waals surface area contributed by atoms with Crippen LogP contribution in [0.15, 0.2) is 57.2 Å². The van der Waals surface area contributed by atoms with Gasteiger partial charge in [0, 0.05) is 24.3 Å². The van der Waals surface area contributed by atoms with Gasteiger partial charge in [-0.15, -0.1) is 0 Å². The Morgan fingerprint density at radius 3 is 2.66 bits per heavy atom. The fraction of sp³-hybridized carbons (Fsp3) is 0.346. The average molecular weight is 590 g/mol. The molecule has 38 heavy (non-hydrogen) atoms. The van der Waals surface area contributed by atoms with Crippen molar-refractivity contribution in [2.75, 3.05) is 39.3 Å². The van der Waals surface area contributed by atoms with E-state index in [9.17, 15) is 14.7 Å². The summed E-state index contributed by atoms with van der Waals surface area (Å²) >= 11 is 3.53. The number of anilines is 1. The second kappa shape index (κ2) is 13.2. The van der Waals surface area contributed by atoms with Crippen LogP contribution in [0.3, 0.4) is 0 Å². The lowest BCUT2D eigenvalue weighted by molar-refractivity contribution is -0.136. The number of hydrogen-bond donors (Lipinski definition) is 4. The molecule has 2 amide bonds. The summed E-state index contributed by atoms with van der Waals surface area (Å²) in [5.41, 5.74) is 5.80. The number of ether oxygens (including phenoxy) is 3. The van der Waals surface area contributed by atoms with E-state index in [-0.39, 0.29) is 12.2 Å². The number of urea groups is 1. The van der Waals surface area contributed by atoms with Crippen LogP contribution < -0.4 is 30.4 Å². The molecule has 0 saturated heterocycles. The summed E-state index contributed by atoms with van der Waals surface area (Å²) in [4.78, 5) is 26.5. The number of aliphatic hydroxyl groups is 1. The van der Waals surface area contributed by atoms with E-state index in [1.54, 1.807) is 31.3 Å². The quantitative estimate of drug-likeness (QED) is 0.136. The monoisotopic (exact) mass is 589 g/mol. The second-order valence-electron chi connectivity index (χ2n) is 8.52. The highest BCUT2D eigenvalue weighted by Crippen LogP contribution is 2.35. The lowest BCUT2D eigenvalue weighted by Gasteiger charge is -2.28. The molecule has 11 nitrogen and oxygen atoms in total. The Morgan fingerprint density at radius 2 is 2.00 bits per heavy atom. The van der Waals surface area contributed by atoms with Crippen LogP contribution in [0.25, 0.3) is 0 Å². The predicted molar refractivity (Wildman–Crippen MR) is 147 cm³/mol. The normalized spacial score (nSPS) is 16.0. The molecule has 0 radical (unpaired) electrons. The van der Waals surface area contributed by atoms with Crippen LogP contribution in [-0.4, -0.2) is 64.0 Å². The van der Waals surface area contributed by atoms with Gasteiger partial charge in [-0.2, -0.15) is 5.10 Å². The minimum atomic E-state index is -1.09. The third-order valence-electron chi connectivity index (χ3n) is 5.56. The van der Waals surface area contributed by atoms with Crippen molar-refractivity contribution >= 4 is 39.8 Å². The van der Waals surface area contributed by atoms with Crippen LogP contribution in [0.4, 0.5) is 10.5 Å². The Bertz CT molecular complexity index is 1230. The van der Waals surface area contributed by atoms with Crippen LogP contribution in [0, 0.1) is 0 Å². The zero-order chi connectivity index (χ0) is 27.8. The molecule has 0 aromatic heterocycles. The van der Waals surface area contributed by atoms with Crippen molar-refractivity contribution in [2.24, 2.45) is 5.10 Å². The SMILES string of the molecule is CCOc1cc([C@H]2NC(=O)NC(C)=C2C(=O)OC)ccc1OC[C@@H](O)N/N=C\c1ccc(N(C)C)c(Br)c1. The number of methoxy groups -OCH3 is 1. The van der Waals surface area contributed by atoms with Gasteiger partial charge >= 0.3 is 12.0 Å². The number of carbonyl (C=O) groups is 2. The standard InChI is InChI=1S/C26H32BrN5O6/c1-6-37-21-12-17(24-23(25(34)36-5)15(2)29-26(35)30-24)8-10-20(21)38-14-22(33)31-28-13-16-7-9-19(32(3)4)18(27)11-16/h7-13,22,24,31,33H,6,14H2,1-5H3,(H2,29,30,35)/b28-13-/t22-,24-/m1/s1. The fourth-order valence-corrected chi connectivity index (χ4v) is 4.54. The van der Waals surface area contributed by atoms with Crippen LogP contribution >= 0.6 is 15.9 Å². The minimum Gasteiger partial charge on any atom is -0.490 e. The molecule has 4 N–H and O–H groups in total. The highest BCUT2D eigenvalue weighted by molar-refractivity contribution is 9.10. The number of halogens is 1. The Hall–Kier alpha value is -3.77. The fourth-order valence-electron chi connectivity index (χ4n) is 3.79. The van der Waals surface area contributed by atoms with Crippen LogP contribution in [-0.2, 0) is 9.53 Å². The first-order chi connectivity index (χ1) is 18.1. The van der Waals surface area contributed by atoms with Crippen molar-refractivity contribution in [3.63, 3.8) is 0 Å². The van der Waals surface area contributed by atoms with Crippen LogP contribution in [0.1, 0.15) is 31.0 Å². The molecular weight excluding hydrogens is 558 g/mol. The lowest BCUT2D eigenvalue weighted by atomic mass is 9.95. The summed E-state index contributed by atoms with van der Waals surface area (Å²) in [6.07, 6.45) is 0.500. The zero-order valence-electron chi connectivity index (χ0n) is 21.9. The molecule has 2 aromatic rings. The van der Waals surface area contributed by atoms with Gasteiger partial charge < -0.3 is 34.9 Å². The Balaban J connectivity index is 1.68. The summed E-state index contributed by atoms with van der Waals surface area (Å²) in [6.45, 7) is 3.69. The molecule has 0 fully saturated rings. The highest BCUT2D eigenvalue weighted by Gasteiger charge is 2.32. The Labute approximate surface area is 230 Å². The summed E-state index contributed by atoms with van der Waals surface area (Å²) in [5, 5.41) is 19.7. The van der Waals surface area contributed by atoms with Gasteiger partial charge in [0.1, 0.15) is 6.61 Å². The number of nitrogens with one attached hydrogen (secondary N) is 3. The summed E-state index contributed by atoms with van der Waals surface area (Å²) in [6, 6.07) is 9.66. The van der Waals surface area contributed by atoms with Gasteiger partial charge in [-0.1, -0.05) is 12.1 Å². The molecule has 0 aliphatic carbocycles. The number of benzene rings is 2.